The third-order valence-corrected chi connectivity index (χ3v) is 3.45. The maximum absolute atomic E-state index is 12.9. The maximum atomic E-state index is 12.9. The first-order chi connectivity index (χ1) is 6.73. The molecule has 0 radical (unpaired) electrons. The molecular formula is C12H17FOS. The van der Waals surface area contributed by atoms with Crippen LogP contribution in [-0.2, 0) is 16.6 Å². The molecule has 0 N–H and O–H groups in total. The lowest BCUT2D eigenvalue weighted by Crippen LogP contribution is -2.12. The van der Waals surface area contributed by atoms with Gasteiger partial charge in [0.05, 0.1) is 4.90 Å². The highest BCUT2D eigenvalue weighted by Gasteiger charge is 2.18. The monoisotopic (exact) mass is 228 g/mol. The maximum Gasteiger partial charge on any atom is 0.231 e. The molecule has 0 aromatic heterocycles. The molecule has 1 rings (SSSR count). The first-order valence-electron chi connectivity index (χ1n) is 4.93. The van der Waals surface area contributed by atoms with E-state index in [1.807, 2.05) is 12.1 Å². The molecule has 1 atom stereocenters. The highest BCUT2D eigenvalue weighted by atomic mass is 32.2. The molecule has 84 valence electrons. The Morgan fingerprint density at radius 2 is 1.53 bits per heavy atom. The second-order valence-electron chi connectivity index (χ2n) is 4.91. The van der Waals surface area contributed by atoms with Crippen LogP contribution in [0.25, 0.3) is 0 Å². The topological polar surface area (TPSA) is 17.1 Å². The third-order valence-electron chi connectivity index (χ3n) is 2.49. The van der Waals surface area contributed by atoms with Crippen LogP contribution in [-0.4, -0.2) is 4.21 Å². The highest BCUT2D eigenvalue weighted by Crippen LogP contribution is 2.28. The van der Waals surface area contributed by atoms with Gasteiger partial charge < -0.3 is 0 Å². The Morgan fingerprint density at radius 3 is 1.80 bits per heavy atom. The summed E-state index contributed by atoms with van der Waals surface area (Å²) in [7, 11) is 0. The summed E-state index contributed by atoms with van der Waals surface area (Å²) < 4.78 is 23.7. The second kappa shape index (κ2) is 4.05. The van der Waals surface area contributed by atoms with Crippen molar-refractivity contribution in [3.63, 3.8) is 0 Å². The number of benzene rings is 1. The summed E-state index contributed by atoms with van der Waals surface area (Å²) in [6.07, 6.45) is 0. The van der Waals surface area contributed by atoms with Gasteiger partial charge in [0.25, 0.3) is 0 Å². The standard InChI is InChI=1S/C12H17FOS/c1-8-6-10(12(3,4)5)7-9(2)11(8)15(13)14/h6-7H,1-5H3/t15-/m1/s1. The molecule has 0 unspecified atom stereocenters. The summed E-state index contributed by atoms with van der Waals surface area (Å²) in [6.45, 7) is 9.91. The van der Waals surface area contributed by atoms with Crippen LogP contribution in [0, 0.1) is 13.8 Å². The van der Waals surface area contributed by atoms with Gasteiger partial charge in [0, 0.05) is 0 Å². The van der Waals surface area contributed by atoms with Crippen LogP contribution in [0.5, 0.6) is 0 Å². The van der Waals surface area contributed by atoms with Crippen LogP contribution in [0.2, 0.25) is 0 Å². The van der Waals surface area contributed by atoms with E-state index in [1.54, 1.807) is 13.8 Å². The molecule has 0 amide bonds. The van der Waals surface area contributed by atoms with Crippen molar-refractivity contribution < 1.29 is 8.09 Å². The molecule has 0 bridgehead atoms. The molecule has 1 nitrogen and oxygen atoms in total. The molecule has 1 aromatic carbocycles. The van der Waals surface area contributed by atoms with Crippen LogP contribution in [0.15, 0.2) is 17.0 Å². The summed E-state index contributed by atoms with van der Waals surface area (Å²) in [4.78, 5) is 0.322. The van der Waals surface area contributed by atoms with Crippen LogP contribution in [0.4, 0.5) is 3.89 Å². The van der Waals surface area contributed by atoms with Crippen molar-refractivity contribution in [1.82, 2.24) is 0 Å². The fraction of sp³-hybridized carbons (Fsp3) is 0.500. The van der Waals surface area contributed by atoms with Crippen LogP contribution < -0.4 is 0 Å². The number of halogens is 1. The lowest BCUT2D eigenvalue weighted by atomic mass is 9.85. The van der Waals surface area contributed by atoms with E-state index in [2.05, 4.69) is 20.8 Å². The Morgan fingerprint density at radius 1 is 1.13 bits per heavy atom. The van der Waals surface area contributed by atoms with Crippen molar-refractivity contribution in [2.75, 3.05) is 0 Å². The van der Waals surface area contributed by atoms with Crippen LogP contribution in [0.1, 0.15) is 37.5 Å². The van der Waals surface area contributed by atoms with Crippen molar-refractivity contribution in [3.05, 3.63) is 28.8 Å². The van der Waals surface area contributed by atoms with Crippen LogP contribution in [0.3, 0.4) is 0 Å². The number of aryl methyl sites for hydroxylation is 2. The Bertz CT molecular complexity index is 382. The zero-order valence-electron chi connectivity index (χ0n) is 9.85. The van der Waals surface area contributed by atoms with Crippen molar-refractivity contribution in [3.8, 4) is 0 Å². The van der Waals surface area contributed by atoms with E-state index in [0.29, 0.717) is 4.90 Å². The Kier molecular flexibility index (Phi) is 3.34. The average Bonchev–Trinajstić information content (AvgIpc) is 1.99. The van der Waals surface area contributed by atoms with Gasteiger partial charge in [-0.15, -0.1) is 3.89 Å². The summed E-state index contributed by atoms with van der Waals surface area (Å²) >= 11 is -2.39. The quantitative estimate of drug-likeness (QED) is 0.671. The zero-order valence-corrected chi connectivity index (χ0v) is 10.7. The van der Waals surface area contributed by atoms with Gasteiger partial charge in [0.1, 0.15) is 0 Å². The average molecular weight is 228 g/mol. The number of hydrogen-bond acceptors (Lipinski definition) is 1. The zero-order chi connectivity index (χ0) is 11.8. The normalized spacial score (nSPS) is 14.0. The van der Waals surface area contributed by atoms with Gasteiger partial charge in [-0.2, -0.15) is 0 Å². The third kappa shape index (κ3) is 2.65. The Labute approximate surface area is 93.5 Å². The summed E-state index contributed by atoms with van der Waals surface area (Å²) in [5.74, 6) is 0. The van der Waals surface area contributed by atoms with Crippen molar-refractivity contribution in [2.45, 2.75) is 44.9 Å². The smallest absolute Gasteiger partial charge is 0.219 e. The van der Waals surface area contributed by atoms with E-state index in [-0.39, 0.29) is 5.41 Å². The molecule has 0 spiro atoms. The van der Waals surface area contributed by atoms with Crippen molar-refractivity contribution in [2.24, 2.45) is 0 Å². The number of rotatable bonds is 1. The van der Waals surface area contributed by atoms with Crippen molar-refractivity contribution >= 4 is 11.2 Å². The molecule has 0 saturated carbocycles. The van der Waals surface area contributed by atoms with E-state index in [9.17, 15) is 8.09 Å². The van der Waals surface area contributed by atoms with Gasteiger partial charge in [-0.05, 0) is 36.0 Å². The molecule has 0 aliphatic rings. The predicted octanol–water partition coefficient (Wildman–Crippen LogP) is 3.59. The molecule has 0 fully saturated rings. The Hall–Kier alpha value is -0.700. The lowest BCUT2D eigenvalue weighted by Gasteiger charge is -2.21. The Balaban J connectivity index is 3.39. The van der Waals surface area contributed by atoms with Gasteiger partial charge in [-0.1, -0.05) is 32.9 Å². The minimum atomic E-state index is -2.39. The van der Waals surface area contributed by atoms with Gasteiger partial charge in [0.2, 0.25) is 11.2 Å². The first-order valence-corrected chi connectivity index (χ1v) is 5.98. The minimum absolute atomic E-state index is 0.0336. The lowest BCUT2D eigenvalue weighted by molar-refractivity contribution is 0.587. The minimum Gasteiger partial charge on any atom is -0.219 e. The van der Waals surface area contributed by atoms with Gasteiger partial charge in [-0.3, -0.25) is 0 Å². The second-order valence-corrected chi connectivity index (χ2v) is 5.77. The summed E-state index contributed by atoms with van der Waals surface area (Å²) in [5, 5.41) is 0. The van der Waals surface area contributed by atoms with Gasteiger partial charge >= 0.3 is 0 Å². The fourth-order valence-corrected chi connectivity index (χ4v) is 2.26. The van der Waals surface area contributed by atoms with E-state index in [1.165, 1.54) is 0 Å². The molecule has 0 heterocycles. The molecule has 15 heavy (non-hydrogen) atoms. The van der Waals surface area contributed by atoms with Crippen LogP contribution >= 0.6 is 0 Å². The molecule has 0 aliphatic carbocycles. The fourth-order valence-electron chi connectivity index (χ4n) is 1.64. The SMILES string of the molecule is Cc1cc(C(C)(C)C)cc(C)c1[S@@](=O)F. The van der Waals surface area contributed by atoms with Gasteiger partial charge in [0.15, 0.2) is 0 Å². The number of hydrogen-bond donors (Lipinski definition) is 0. The van der Waals surface area contributed by atoms with E-state index >= 15 is 0 Å². The highest BCUT2D eigenvalue weighted by molar-refractivity contribution is 7.80. The predicted molar refractivity (Wildman–Crippen MR) is 62.1 cm³/mol. The molecule has 3 heteroatoms. The first kappa shape index (κ1) is 12.4. The summed E-state index contributed by atoms with van der Waals surface area (Å²) in [5.41, 5.74) is 2.71. The molecule has 0 aliphatic heterocycles. The molecule has 0 saturated heterocycles. The van der Waals surface area contributed by atoms with E-state index in [0.717, 1.165) is 16.7 Å². The summed E-state index contributed by atoms with van der Waals surface area (Å²) in [6, 6.07) is 3.83. The van der Waals surface area contributed by atoms with E-state index < -0.39 is 11.2 Å². The van der Waals surface area contributed by atoms with Crippen molar-refractivity contribution in [1.29, 1.82) is 0 Å². The van der Waals surface area contributed by atoms with E-state index in [4.69, 9.17) is 0 Å². The van der Waals surface area contributed by atoms with Gasteiger partial charge in [-0.25, -0.2) is 4.21 Å². The largest absolute Gasteiger partial charge is 0.231 e. The molecular weight excluding hydrogens is 211 g/mol. The molecule has 1 aromatic rings.